The summed E-state index contributed by atoms with van der Waals surface area (Å²) in [5.41, 5.74) is 4.03. The molecule has 0 spiro atoms. The van der Waals surface area contributed by atoms with Crippen molar-refractivity contribution < 1.29 is 9.53 Å². The molecule has 2 fully saturated rings. The molecular weight excluding hydrogens is 400 g/mol. The first kappa shape index (κ1) is 22.7. The molecule has 1 aromatic heterocycles. The minimum absolute atomic E-state index is 0.100. The van der Waals surface area contributed by atoms with Crippen LogP contribution >= 0.6 is 0 Å². The van der Waals surface area contributed by atoms with Crippen LogP contribution in [0.2, 0.25) is 0 Å². The first-order chi connectivity index (χ1) is 15.4. The van der Waals surface area contributed by atoms with Gasteiger partial charge in [0.15, 0.2) is 0 Å². The lowest BCUT2D eigenvalue weighted by atomic mass is 9.95. The van der Waals surface area contributed by atoms with Crippen molar-refractivity contribution in [3.63, 3.8) is 0 Å². The van der Waals surface area contributed by atoms with E-state index in [0.29, 0.717) is 18.1 Å². The molecule has 0 bridgehead atoms. The monoisotopic (exact) mass is 436 g/mol. The van der Waals surface area contributed by atoms with Gasteiger partial charge in [0, 0.05) is 50.1 Å². The molecule has 32 heavy (non-hydrogen) atoms. The molecule has 1 aromatic carbocycles. The van der Waals surface area contributed by atoms with Crippen molar-refractivity contribution >= 4 is 12.0 Å². The van der Waals surface area contributed by atoms with Crippen LogP contribution in [-0.4, -0.2) is 70.4 Å². The van der Waals surface area contributed by atoms with Crippen LogP contribution in [-0.2, 0) is 9.53 Å². The predicted molar refractivity (Wildman–Crippen MR) is 128 cm³/mol. The van der Waals surface area contributed by atoms with Crippen LogP contribution < -0.4 is 0 Å². The molecule has 4 rings (SSSR count). The van der Waals surface area contributed by atoms with E-state index in [1.807, 2.05) is 52.9 Å². The molecule has 0 radical (unpaired) electrons. The molecule has 1 amide bonds. The summed E-state index contributed by atoms with van der Waals surface area (Å²) in [5, 5.41) is 4.67. The number of benzene rings is 1. The number of likely N-dealkylation sites (tertiary alicyclic amines) is 1. The lowest BCUT2D eigenvalue weighted by Crippen LogP contribution is -2.48. The van der Waals surface area contributed by atoms with Gasteiger partial charge < -0.3 is 9.64 Å². The molecule has 3 heterocycles. The molecule has 0 aliphatic carbocycles. The lowest BCUT2D eigenvalue weighted by Gasteiger charge is -2.39. The van der Waals surface area contributed by atoms with E-state index in [4.69, 9.17) is 4.74 Å². The summed E-state index contributed by atoms with van der Waals surface area (Å²) in [7, 11) is 0. The summed E-state index contributed by atoms with van der Waals surface area (Å²) in [4.78, 5) is 17.4. The number of ether oxygens (including phenoxy) is 1. The molecule has 6 nitrogen and oxygen atoms in total. The molecular formula is C26H36N4O2. The Balaban J connectivity index is 1.32. The second-order valence-corrected chi connectivity index (χ2v) is 9.41. The Morgan fingerprint density at radius 2 is 1.75 bits per heavy atom. The highest BCUT2D eigenvalue weighted by Gasteiger charge is 2.27. The summed E-state index contributed by atoms with van der Waals surface area (Å²) in [5.74, 6) is 0.762. The third-order valence-corrected chi connectivity index (χ3v) is 6.68. The van der Waals surface area contributed by atoms with Gasteiger partial charge in [-0.1, -0.05) is 18.2 Å². The normalized spacial score (nSPS) is 23.2. The maximum absolute atomic E-state index is 12.8. The van der Waals surface area contributed by atoms with E-state index in [1.54, 1.807) is 6.08 Å². The number of carbonyl (C=O) groups is 1. The SMILES string of the molecule is Cc1nn(-c2ccccc2)c(C)c1/C=C/C(=O)N1CCC(CN2CC(C)OC(C)C2)CC1. The van der Waals surface area contributed by atoms with Gasteiger partial charge in [0.05, 0.1) is 23.6 Å². The highest BCUT2D eigenvalue weighted by molar-refractivity contribution is 5.92. The fourth-order valence-electron chi connectivity index (χ4n) is 5.11. The number of hydrogen-bond donors (Lipinski definition) is 0. The number of amides is 1. The van der Waals surface area contributed by atoms with Crippen molar-refractivity contribution in [1.82, 2.24) is 19.6 Å². The fraction of sp³-hybridized carbons (Fsp3) is 0.538. The number of carbonyl (C=O) groups excluding carboxylic acids is 1. The van der Waals surface area contributed by atoms with Crippen LogP contribution in [0.3, 0.4) is 0 Å². The van der Waals surface area contributed by atoms with Crippen molar-refractivity contribution in [2.45, 2.75) is 52.7 Å². The number of para-hydroxylation sites is 1. The molecule has 2 atom stereocenters. The summed E-state index contributed by atoms with van der Waals surface area (Å²) in [6, 6.07) is 10.1. The predicted octanol–water partition coefficient (Wildman–Crippen LogP) is 3.85. The van der Waals surface area contributed by atoms with Gasteiger partial charge in [-0.3, -0.25) is 9.69 Å². The second kappa shape index (κ2) is 10.0. The molecule has 6 heteroatoms. The zero-order chi connectivity index (χ0) is 22.7. The van der Waals surface area contributed by atoms with Crippen LogP contribution in [0.4, 0.5) is 0 Å². The molecule has 0 saturated carbocycles. The van der Waals surface area contributed by atoms with E-state index in [0.717, 1.165) is 68.2 Å². The van der Waals surface area contributed by atoms with Gasteiger partial charge in [-0.25, -0.2) is 4.68 Å². The fourth-order valence-corrected chi connectivity index (χ4v) is 5.11. The van der Waals surface area contributed by atoms with Gasteiger partial charge in [0.2, 0.25) is 5.91 Å². The third-order valence-electron chi connectivity index (χ3n) is 6.68. The third kappa shape index (κ3) is 5.30. The summed E-state index contributed by atoms with van der Waals surface area (Å²) >= 11 is 0. The van der Waals surface area contributed by atoms with Crippen LogP contribution in [0, 0.1) is 19.8 Å². The minimum Gasteiger partial charge on any atom is -0.373 e. The Labute approximate surface area is 191 Å². The number of piperidine rings is 1. The zero-order valence-corrected chi connectivity index (χ0v) is 19.8. The summed E-state index contributed by atoms with van der Waals surface area (Å²) < 4.78 is 7.80. The highest BCUT2D eigenvalue weighted by Crippen LogP contribution is 2.22. The summed E-state index contributed by atoms with van der Waals surface area (Å²) in [6.07, 6.45) is 6.42. The number of hydrogen-bond acceptors (Lipinski definition) is 4. The molecule has 2 aliphatic rings. The van der Waals surface area contributed by atoms with E-state index < -0.39 is 0 Å². The number of rotatable bonds is 5. The Morgan fingerprint density at radius 3 is 2.41 bits per heavy atom. The molecule has 0 N–H and O–H groups in total. The average Bonchev–Trinajstić information content (AvgIpc) is 3.06. The van der Waals surface area contributed by atoms with Crippen molar-refractivity contribution in [3.8, 4) is 5.69 Å². The second-order valence-electron chi connectivity index (χ2n) is 9.41. The molecule has 2 saturated heterocycles. The summed E-state index contributed by atoms with van der Waals surface area (Å²) in [6.45, 7) is 13.2. The van der Waals surface area contributed by atoms with E-state index in [2.05, 4.69) is 30.8 Å². The highest BCUT2D eigenvalue weighted by atomic mass is 16.5. The van der Waals surface area contributed by atoms with Gasteiger partial charge >= 0.3 is 0 Å². The molecule has 2 aliphatic heterocycles. The number of morpholine rings is 1. The minimum atomic E-state index is 0.100. The smallest absolute Gasteiger partial charge is 0.246 e. The largest absolute Gasteiger partial charge is 0.373 e. The topological polar surface area (TPSA) is 50.6 Å². The number of nitrogens with zero attached hydrogens (tertiary/aromatic N) is 4. The van der Waals surface area contributed by atoms with Gasteiger partial charge in [0.1, 0.15) is 0 Å². The van der Waals surface area contributed by atoms with Crippen LogP contribution in [0.25, 0.3) is 11.8 Å². The Kier molecular flexibility index (Phi) is 7.11. The Bertz CT molecular complexity index is 934. The van der Waals surface area contributed by atoms with Crippen molar-refractivity contribution in [2.75, 3.05) is 32.7 Å². The van der Waals surface area contributed by atoms with E-state index in [1.165, 1.54) is 0 Å². The quantitative estimate of drug-likeness (QED) is 0.668. The van der Waals surface area contributed by atoms with Crippen LogP contribution in [0.15, 0.2) is 36.4 Å². The van der Waals surface area contributed by atoms with Gasteiger partial charge in [-0.05, 0) is 64.7 Å². The number of aryl methyl sites for hydroxylation is 1. The molecule has 2 aromatic rings. The maximum atomic E-state index is 12.8. The molecule has 2 unspecified atom stereocenters. The first-order valence-electron chi connectivity index (χ1n) is 11.9. The number of aromatic nitrogens is 2. The van der Waals surface area contributed by atoms with E-state index in [-0.39, 0.29) is 5.91 Å². The molecule has 172 valence electrons. The Hall–Kier alpha value is -2.44. The first-order valence-corrected chi connectivity index (χ1v) is 11.9. The van der Waals surface area contributed by atoms with E-state index >= 15 is 0 Å². The Morgan fingerprint density at radius 1 is 1.09 bits per heavy atom. The van der Waals surface area contributed by atoms with Crippen LogP contribution in [0.5, 0.6) is 0 Å². The maximum Gasteiger partial charge on any atom is 0.246 e. The van der Waals surface area contributed by atoms with Crippen LogP contribution in [0.1, 0.15) is 43.6 Å². The standard InChI is InChI=1S/C26H36N4O2/c1-19-16-28(17-20(2)32-19)18-23-12-14-29(15-13-23)26(31)11-10-25-21(3)27-30(22(25)4)24-8-6-5-7-9-24/h5-11,19-20,23H,12-18H2,1-4H3/b11-10+. The van der Waals surface area contributed by atoms with Crippen molar-refractivity contribution in [3.05, 3.63) is 53.4 Å². The lowest BCUT2D eigenvalue weighted by molar-refractivity contribution is -0.127. The zero-order valence-electron chi connectivity index (χ0n) is 19.8. The van der Waals surface area contributed by atoms with Gasteiger partial charge in [-0.2, -0.15) is 5.10 Å². The van der Waals surface area contributed by atoms with Gasteiger partial charge in [0.25, 0.3) is 0 Å². The van der Waals surface area contributed by atoms with E-state index in [9.17, 15) is 4.79 Å². The van der Waals surface area contributed by atoms with Gasteiger partial charge in [-0.15, -0.1) is 0 Å². The van der Waals surface area contributed by atoms with Crippen molar-refractivity contribution in [2.24, 2.45) is 5.92 Å². The van der Waals surface area contributed by atoms with Crippen molar-refractivity contribution in [1.29, 1.82) is 0 Å². The average molecular weight is 437 g/mol.